The van der Waals surface area contributed by atoms with Crippen LogP contribution in [0, 0.1) is 0 Å². The van der Waals surface area contributed by atoms with Gasteiger partial charge in [-0.15, -0.1) is 0 Å². The summed E-state index contributed by atoms with van der Waals surface area (Å²) >= 11 is 0. The van der Waals surface area contributed by atoms with E-state index >= 15 is 0 Å². The molecule has 8 nitrogen and oxygen atoms in total. The maximum atomic E-state index is 12.1. The standard InChI is InChI=1S/C19H19N3O5/c1-26-16-9-5-14(11-17(16)27-2)12-20-21-19(24)15-7-3-13(4-8-15)6-10-18(23)22-25/h3-12,25H,1-2H3,(H,21,24)(H,22,23)/b10-6+,20-12+. The van der Waals surface area contributed by atoms with E-state index in [1.54, 1.807) is 49.6 Å². The molecule has 0 saturated carbocycles. The minimum Gasteiger partial charge on any atom is -0.493 e. The SMILES string of the molecule is COc1ccc(/C=N/NC(=O)c2ccc(/C=C/C(=O)NO)cc2)cc1OC. The number of rotatable bonds is 7. The molecule has 0 heterocycles. The Morgan fingerprint density at radius 3 is 2.30 bits per heavy atom. The van der Waals surface area contributed by atoms with E-state index in [-0.39, 0.29) is 5.91 Å². The Morgan fingerprint density at radius 1 is 1.00 bits per heavy atom. The highest BCUT2D eigenvalue weighted by Gasteiger charge is 2.05. The van der Waals surface area contributed by atoms with Crippen molar-refractivity contribution in [3.63, 3.8) is 0 Å². The van der Waals surface area contributed by atoms with Gasteiger partial charge in [0, 0.05) is 11.6 Å². The van der Waals surface area contributed by atoms with E-state index in [9.17, 15) is 9.59 Å². The average molecular weight is 369 g/mol. The zero-order chi connectivity index (χ0) is 19.6. The fourth-order valence-electron chi connectivity index (χ4n) is 2.12. The number of hydrogen-bond acceptors (Lipinski definition) is 6. The fourth-order valence-corrected chi connectivity index (χ4v) is 2.12. The number of nitrogens with zero attached hydrogens (tertiary/aromatic N) is 1. The third-order valence-electron chi connectivity index (χ3n) is 3.50. The Bertz CT molecular complexity index is 860. The lowest BCUT2D eigenvalue weighted by Gasteiger charge is -2.07. The van der Waals surface area contributed by atoms with Crippen molar-refractivity contribution in [2.24, 2.45) is 5.10 Å². The summed E-state index contributed by atoms with van der Waals surface area (Å²) < 4.78 is 10.4. The number of amides is 2. The summed E-state index contributed by atoms with van der Waals surface area (Å²) in [5, 5.41) is 12.3. The molecule has 27 heavy (non-hydrogen) atoms. The summed E-state index contributed by atoms with van der Waals surface area (Å²) in [7, 11) is 3.09. The molecule has 8 heteroatoms. The van der Waals surface area contributed by atoms with Gasteiger partial charge >= 0.3 is 0 Å². The number of hydrazone groups is 1. The van der Waals surface area contributed by atoms with Crippen LogP contribution in [0.5, 0.6) is 11.5 Å². The van der Waals surface area contributed by atoms with Crippen molar-refractivity contribution in [3.05, 3.63) is 65.2 Å². The Morgan fingerprint density at radius 2 is 1.67 bits per heavy atom. The molecular formula is C19H19N3O5. The summed E-state index contributed by atoms with van der Waals surface area (Å²) in [6.45, 7) is 0. The summed E-state index contributed by atoms with van der Waals surface area (Å²) in [5.74, 6) is 0.146. The second-order valence-corrected chi connectivity index (χ2v) is 5.24. The second kappa shape index (κ2) is 9.73. The minimum absolute atomic E-state index is 0.379. The molecule has 0 bridgehead atoms. The van der Waals surface area contributed by atoms with Crippen LogP contribution in [-0.4, -0.2) is 37.5 Å². The first-order valence-electron chi connectivity index (χ1n) is 7.85. The highest BCUT2D eigenvalue weighted by molar-refractivity contribution is 5.95. The Labute approximate surface area is 156 Å². The molecule has 0 atom stereocenters. The lowest BCUT2D eigenvalue weighted by atomic mass is 10.1. The van der Waals surface area contributed by atoms with Crippen LogP contribution in [0.1, 0.15) is 21.5 Å². The highest BCUT2D eigenvalue weighted by Crippen LogP contribution is 2.26. The zero-order valence-corrected chi connectivity index (χ0v) is 14.8. The minimum atomic E-state index is -0.638. The largest absolute Gasteiger partial charge is 0.493 e. The highest BCUT2D eigenvalue weighted by atomic mass is 16.5. The van der Waals surface area contributed by atoms with Crippen molar-refractivity contribution in [3.8, 4) is 11.5 Å². The molecule has 0 aliphatic carbocycles. The number of hydroxylamine groups is 1. The number of carbonyl (C=O) groups is 2. The number of hydrogen-bond donors (Lipinski definition) is 3. The molecule has 2 aromatic rings. The molecule has 2 aromatic carbocycles. The summed E-state index contributed by atoms with van der Waals surface area (Å²) in [5.41, 5.74) is 5.77. The quantitative estimate of drug-likeness (QED) is 0.299. The van der Waals surface area contributed by atoms with Gasteiger partial charge in [0.2, 0.25) is 0 Å². The fraction of sp³-hybridized carbons (Fsp3) is 0.105. The second-order valence-electron chi connectivity index (χ2n) is 5.24. The van der Waals surface area contributed by atoms with Crippen molar-refractivity contribution >= 4 is 24.1 Å². The van der Waals surface area contributed by atoms with Gasteiger partial charge in [0.1, 0.15) is 0 Å². The molecule has 0 aliphatic heterocycles. The average Bonchev–Trinajstić information content (AvgIpc) is 2.72. The van der Waals surface area contributed by atoms with E-state index in [0.717, 1.165) is 5.56 Å². The van der Waals surface area contributed by atoms with Gasteiger partial charge in [0.25, 0.3) is 11.8 Å². The molecule has 3 N–H and O–H groups in total. The van der Waals surface area contributed by atoms with Crippen LogP contribution in [-0.2, 0) is 4.79 Å². The van der Waals surface area contributed by atoms with Gasteiger partial charge in [-0.2, -0.15) is 5.10 Å². The third kappa shape index (κ3) is 5.68. The summed E-state index contributed by atoms with van der Waals surface area (Å²) in [4.78, 5) is 23.0. The molecule has 0 aliphatic rings. The van der Waals surface area contributed by atoms with E-state index in [2.05, 4.69) is 10.5 Å². The number of nitrogens with one attached hydrogen (secondary N) is 2. The van der Waals surface area contributed by atoms with Gasteiger partial charge < -0.3 is 9.47 Å². The Balaban J connectivity index is 1.98. The van der Waals surface area contributed by atoms with Crippen molar-refractivity contribution in [2.45, 2.75) is 0 Å². The predicted molar refractivity (Wildman–Crippen MR) is 100 cm³/mol. The Hall–Kier alpha value is -3.65. The number of carbonyl (C=O) groups excluding carboxylic acids is 2. The topological polar surface area (TPSA) is 109 Å². The van der Waals surface area contributed by atoms with Gasteiger partial charge in [0.15, 0.2) is 11.5 Å². The van der Waals surface area contributed by atoms with Crippen LogP contribution in [0.2, 0.25) is 0 Å². The van der Waals surface area contributed by atoms with Gasteiger partial charge in [-0.1, -0.05) is 12.1 Å². The van der Waals surface area contributed by atoms with E-state index < -0.39 is 5.91 Å². The normalized spacial score (nSPS) is 10.8. The molecule has 140 valence electrons. The van der Waals surface area contributed by atoms with Gasteiger partial charge in [-0.3, -0.25) is 14.8 Å². The monoisotopic (exact) mass is 369 g/mol. The van der Waals surface area contributed by atoms with E-state index in [1.165, 1.54) is 31.0 Å². The van der Waals surface area contributed by atoms with Crippen LogP contribution in [0.15, 0.2) is 53.6 Å². The molecule has 0 spiro atoms. The smallest absolute Gasteiger partial charge is 0.271 e. The molecule has 0 unspecified atom stereocenters. The van der Waals surface area contributed by atoms with Crippen molar-refractivity contribution in [1.29, 1.82) is 0 Å². The molecule has 0 radical (unpaired) electrons. The summed E-state index contributed by atoms with van der Waals surface area (Å²) in [6, 6.07) is 11.8. The van der Waals surface area contributed by atoms with Crippen LogP contribution in [0.25, 0.3) is 6.08 Å². The van der Waals surface area contributed by atoms with E-state index in [0.29, 0.717) is 22.6 Å². The van der Waals surface area contributed by atoms with Crippen molar-refractivity contribution < 1.29 is 24.3 Å². The van der Waals surface area contributed by atoms with Gasteiger partial charge in [0.05, 0.1) is 20.4 Å². The van der Waals surface area contributed by atoms with Crippen molar-refractivity contribution in [2.75, 3.05) is 14.2 Å². The lowest BCUT2D eigenvalue weighted by molar-refractivity contribution is -0.124. The van der Waals surface area contributed by atoms with Crippen molar-refractivity contribution in [1.82, 2.24) is 10.9 Å². The van der Waals surface area contributed by atoms with Crippen LogP contribution < -0.4 is 20.4 Å². The van der Waals surface area contributed by atoms with E-state index in [4.69, 9.17) is 14.7 Å². The molecule has 2 rings (SSSR count). The maximum Gasteiger partial charge on any atom is 0.271 e. The third-order valence-corrected chi connectivity index (χ3v) is 3.50. The lowest BCUT2D eigenvalue weighted by Crippen LogP contribution is -2.17. The molecule has 0 aromatic heterocycles. The van der Waals surface area contributed by atoms with Crippen LogP contribution in [0.3, 0.4) is 0 Å². The maximum absolute atomic E-state index is 12.1. The predicted octanol–water partition coefficient (Wildman–Crippen LogP) is 1.99. The summed E-state index contributed by atoms with van der Waals surface area (Å²) in [6.07, 6.45) is 4.16. The number of methoxy groups -OCH3 is 2. The molecule has 2 amide bonds. The molecule has 0 fully saturated rings. The Kier molecular flexibility index (Phi) is 7.09. The van der Waals surface area contributed by atoms with Crippen LogP contribution >= 0.6 is 0 Å². The van der Waals surface area contributed by atoms with Gasteiger partial charge in [-0.25, -0.2) is 10.9 Å². The molecular weight excluding hydrogens is 350 g/mol. The number of ether oxygens (including phenoxy) is 2. The first-order chi connectivity index (χ1) is 13.1. The zero-order valence-electron chi connectivity index (χ0n) is 14.8. The van der Waals surface area contributed by atoms with Gasteiger partial charge in [-0.05, 0) is 47.5 Å². The molecule has 0 saturated heterocycles. The van der Waals surface area contributed by atoms with Crippen LogP contribution in [0.4, 0.5) is 0 Å². The first-order valence-corrected chi connectivity index (χ1v) is 7.85. The van der Waals surface area contributed by atoms with E-state index in [1.807, 2.05) is 0 Å². The first kappa shape index (κ1) is 19.7. The number of benzene rings is 2.